The molecule has 0 spiro atoms. The molecule has 0 fully saturated rings. The van der Waals surface area contributed by atoms with E-state index in [1.54, 1.807) is 36.4 Å². The molecule has 0 aliphatic heterocycles. The van der Waals surface area contributed by atoms with Crippen LogP contribution in [0, 0.1) is 18.3 Å². The van der Waals surface area contributed by atoms with Gasteiger partial charge in [0.2, 0.25) is 0 Å². The second-order valence-electron chi connectivity index (χ2n) is 7.61. The van der Waals surface area contributed by atoms with Crippen molar-refractivity contribution in [1.29, 1.82) is 5.26 Å². The van der Waals surface area contributed by atoms with Crippen molar-refractivity contribution in [3.8, 4) is 11.8 Å². The fourth-order valence-corrected chi connectivity index (χ4v) is 4.26. The maximum atomic E-state index is 12.8. The summed E-state index contributed by atoms with van der Waals surface area (Å²) < 4.78 is 31.0. The van der Waals surface area contributed by atoms with Crippen molar-refractivity contribution in [3.05, 3.63) is 108 Å². The molecule has 0 aliphatic carbocycles. The number of anilines is 1. The minimum atomic E-state index is -4.08. The van der Waals surface area contributed by atoms with E-state index in [0.717, 1.165) is 16.3 Å². The van der Waals surface area contributed by atoms with Gasteiger partial charge in [-0.05, 0) is 65.7 Å². The molecule has 0 heterocycles. The Bertz CT molecular complexity index is 1550. The van der Waals surface area contributed by atoms with E-state index >= 15 is 0 Å². The van der Waals surface area contributed by atoms with Crippen molar-refractivity contribution in [2.75, 3.05) is 5.32 Å². The first-order chi connectivity index (χ1) is 16.3. The first-order valence-corrected chi connectivity index (χ1v) is 11.8. The van der Waals surface area contributed by atoms with Crippen LogP contribution in [0.4, 0.5) is 5.69 Å². The van der Waals surface area contributed by atoms with E-state index in [0.29, 0.717) is 11.3 Å². The van der Waals surface area contributed by atoms with E-state index < -0.39 is 16.0 Å². The van der Waals surface area contributed by atoms with Gasteiger partial charge in [-0.2, -0.15) is 13.7 Å². The fraction of sp³-hybridized carbons (Fsp3) is 0.0370. The zero-order valence-electron chi connectivity index (χ0n) is 18.2. The Morgan fingerprint density at radius 3 is 2.38 bits per heavy atom. The highest BCUT2D eigenvalue weighted by atomic mass is 32.2. The second-order valence-corrected chi connectivity index (χ2v) is 9.16. The number of aryl methyl sites for hydroxylation is 1. The topological polar surface area (TPSA) is 96.3 Å². The number of nitrogens with zero attached hydrogens (tertiary/aromatic N) is 1. The van der Waals surface area contributed by atoms with Gasteiger partial charge in [0.25, 0.3) is 5.91 Å². The fourth-order valence-electron chi connectivity index (χ4n) is 3.30. The molecule has 0 bridgehead atoms. The zero-order chi connectivity index (χ0) is 24.1. The SMILES string of the molecule is Cc1ccc(NC(=O)C(C#N)=Cc2cccc(OS(=O)(=O)c3ccc4ccccc4c3)c2)cc1. The number of nitriles is 1. The van der Waals surface area contributed by atoms with E-state index in [1.807, 2.05) is 49.4 Å². The number of rotatable bonds is 6. The number of carbonyl (C=O) groups is 1. The average Bonchev–Trinajstić information content (AvgIpc) is 2.83. The normalized spacial score (nSPS) is 11.6. The molecule has 0 aromatic heterocycles. The molecule has 4 aromatic carbocycles. The molecule has 4 aromatic rings. The Kier molecular flexibility index (Phi) is 6.44. The summed E-state index contributed by atoms with van der Waals surface area (Å²) in [6, 6.07) is 27.4. The Hall–Kier alpha value is -4.41. The van der Waals surface area contributed by atoms with Gasteiger partial charge in [-0.15, -0.1) is 0 Å². The molecule has 0 atom stereocenters. The van der Waals surface area contributed by atoms with Gasteiger partial charge in [-0.1, -0.05) is 60.2 Å². The molecule has 0 unspecified atom stereocenters. The van der Waals surface area contributed by atoms with Gasteiger partial charge in [0.15, 0.2) is 0 Å². The second kappa shape index (κ2) is 9.61. The highest BCUT2D eigenvalue weighted by molar-refractivity contribution is 7.87. The Morgan fingerprint density at radius 2 is 1.65 bits per heavy atom. The molecule has 34 heavy (non-hydrogen) atoms. The Balaban J connectivity index is 1.55. The molecule has 168 valence electrons. The number of benzene rings is 4. The van der Waals surface area contributed by atoms with Crippen LogP contribution < -0.4 is 9.50 Å². The summed E-state index contributed by atoms with van der Waals surface area (Å²) in [4.78, 5) is 12.5. The molecular weight excluding hydrogens is 448 g/mol. The van der Waals surface area contributed by atoms with Crippen molar-refractivity contribution in [3.63, 3.8) is 0 Å². The van der Waals surface area contributed by atoms with Gasteiger partial charge < -0.3 is 9.50 Å². The van der Waals surface area contributed by atoms with Gasteiger partial charge >= 0.3 is 10.1 Å². The minimum absolute atomic E-state index is 0.0299. The standard InChI is InChI=1S/C27H20N2O4S/c1-19-9-12-24(13-10-19)29-27(30)23(18-28)15-20-5-4-8-25(16-20)33-34(31,32)26-14-11-21-6-2-3-7-22(21)17-26/h2-17H,1H3,(H,29,30). The number of nitrogens with one attached hydrogen (secondary N) is 1. The lowest BCUT2D eigenvalue weighted by Gasteiger charge is -2.09. The van der Waals surface area contributed by atoms with Crippen molar-refractivity contribution >= 4 is 38.6 Å². The van der Waals surface area contributed by atoms with Crippen LogP contribution in [-0.2, 0) is 14.9 Å². The summed E-state index contributed by atoms with van der Waals surface area (Å²) in [5.74, 6) is -0.500. The van der Waals surface area contributed by atoms with Crippen LogP contribution in [0.3, 0.4) is 0 Å². The van der Waals surface area contributed by atoms with Crippen molar-refractivity contribution in [2.45, 2.75) is 11.8 Å². The monoisotopic (exact) mass is 468 g/mol. The van der Waals surface area contributed by atoms with Gasteiger partial charge in [-0.25, -0.2) is 0 Å². The smallest absolute Gasteiger partial charge is 0.339 e. The molecular formula is C27H20N2O4S. The zero-order valence-corrected chi connectivity index (χ0v) is 19.0. The van der Waals surface area contributed by atoms with E-state index in [1.165, 1.54) is 24.3 Å². The summed E-state index contributed by atoms with van der Waals surface area (Å²) in [5.41, 5.74) is 1.93. The van der Waals surface area contributed by atoms with E-state index in [4.69, 9.17) is 4.18 Å². The van der Waals surface area contributed by atoms with Crippen LogP contribution >= 0.6 is 0 Å². The van der Waals surface area contributed by atoms with Crippen molar-refractivity contribution in [2.24, 2.45) is 0 Å². The number of fused-ring (bicyclic) bond motifs is 1. The Morgan fingerprint density at radius 1 is 0.912 bits per heavy atom. The lowest BCUT2D eigenvalue weighted by molar-refractivity contribution is -0.112. The molecule has 1 amide bonds. The maximum absolute atomic E-state index is 12.8. The van der Waals surface area contributed by atoms with E-state index in [2.05, 4.69) is 5.32 Å². The van der Waals surface area contributed by atoms with Crippen molar-refractivity contribution < 1.29 is 17.4 Å². The first kappa shape index (κ1) is 22.8. The minimum Gasteiger partial charge on any atom is -0.379 e. The first-order valence-electron chi connectivity index (χ1n) is 10.4. The largest absolute Gasteiger partial charge is 0.379 e. The van der Waals surface area contributed by atoms with E-state index in [-0.39, 0.29) is 16.2 Å². The molecule has 1 N–H and O–H groups in total. The van der Waals surface area contributed by atoms with Crippen LogP contribution in [0.25, 0.3) is 16.8 Å². The predicted molar refractivity (Wildman–Crippen MR) is 132 cm³/mol. The predicted octanol–water partition coefficient (Wildman–Crippen LogP) is 5.46. The summed E-state index contributed by atoms with van der Waals surface area (Å²) >= 11 is 0. The summed E-state index contributed by atoms with van der Waals surface area (Å²) in [7, 11) is -4.08. The molecule has 0 saturated carbocycles. The summed E-state index contributed by atoms with van der Waals surface area (Å²) in [5, 5.41) is 13.8. The number of hydrogen-bond acceptors (Lipinski definition) is 5. The van der Waals surface area contributed by atoms with Gasteiger partial charge in [0.05, 0.1) is 0 Å². The van der Waals surface area contributed by atoms with Crippen LogP contribution in [-0.4, -0.2) is 14.3 Å². The molecule has 6 nitrogen and oxygen atoms in total. The third-order valence-electron chi connectivity index (χ3n) is 5.06. The quantitative estimate of drug-likeness (QED) is 0.230. The third-order valence-corrected chi connectivity index (χ3v) is 6.30. The highest BCUT2D eigenvalue weighted by Gasteiger charge is 2.17. The number of amides is 1. The van der Waals surface area contributed by atoms with E-state index in [9.17, 15) is 18.5 Å². The highest BCUT2D eigenvalue weighted by Crippen LogP contribution is 2.24. The molecule has 0 saturated heterocycles. The lowest BCUT2D eigenvalue weighted by atomic mass is 10.1. The third kappa shape index (κ3) is 5.31. The van der Waals surface area contributed by atoms with Crippen LogP contribution in [0.1, 0.15) is 11.1 Å². The lowest BCUT2D eigenvalue weighted by Crippen LogP contribution is -2.13. The molecule has 7 heteroatoms. The van der Waals surface area contributed by atoms with Crippen LogP contribution in [0.5, 0.6) is 5.75 Å². The van der Waals surface area contributed by atoms with Crippen LogP contribution in [0.2, 0.25) is 0 Å². The summed E-state index contributed by atoms with van der Waals surface area (Å²) in [6.45, 7) is 1.93. The van der Waals surface area contributed by atoms with Gasteiger partial charge in [0.1, 0.15) is 22.3 Å². The average molecular weight is 469 g/mol. The molecule has 0 radical (unpaired) electrons. The van der Waals surface area contributed by atoms with Gasteiger partial charge in [0, 0.05) is 5.69 Å². The number of hydrogen-bond donors (Lipinski definition) is 1. The number of carbonyl (C=O) groups excluding carboxylic acids is 1. The van der Waals surface area contributed by atoms with Gasteiger partial charge in [-0.3, -0.25) is 4.79 Å². The maximum Gasteiger partial charge on any atom is 0.339 e. The van der Waals surface area contributed by atoms with Crippen molar-refractivity contribution in [1.82, 2.24) is 0 Å². The molecule has 4 rings (SSSR count). The Labute approximate surface area is 197 Å². The molecule has 0 aliphatic rings. The summed E-state index contributed by atoms with van der Waals surface area (Å²) in [6.07, 6.45) is 1.37. The van der Waals surface area contributed by atoms with Crippen LogP contribution in [0.15, 0.2) is 101 Å².